The molecular formula is C12H14ClN3OS. The molecule has 0 saturated carbocycles. The maximum absolute atomic E-state index is 5.97. The largest absolute Gasteiger partial charge is 0.480 e. The van der Waals surface area contributed by atoms with Gasteiger partial charge in [0.1, 0.15) is 0 Å². The lowest BCUT2D eigenvalue weighted by molar-refractivity contribution is 0.390. The average molecular weight is 284 g/mol. The van der Waals surface area contributed by atoms with Gasteiger partial charge in [0.2, 0.25) is 5.88 Å². The Bertz CT molecular complexity index is 500. The van der Waals surface area contributed by atoms with Gasteiger partial charge in [0.15, 0.2) is 0 Å². The summed E-state index contributed by atoms with van der Waals surface area (Å²) in [6, 6.07) is 7.63. The molecule has 0 spiro atoms. The molecule has 2 aromatic heterocycles. The Kier molecular flexibility index (Phi) is 4.52. The lowest BCUT2D eigenvalue weighted by atomic mass is 10.1. The van der Waals surface area contributed by atoms with Gasteiger partial charge in [-0.15, -0.1) is 21.5 Å². The molecule has 0 aliphatic rings. The van der Waals surface area contributed by atoms with Crippen molar-refractivity contribution >= 4 is 22.9 Å². The minimum atomic E-state index is 0.0194. The van der Waals surface area contributed by atoms with Gasteiger partial charge < -0.3 is 10.1 Å². The van der Waals surface area contributed by atoms with E-state index in [1.807, 2.05) is 24.3 Å². The van der Waals surface area contributed by atoms with E-state index in [9.17, 15) is 0 Å². The Morgan fingerprint density at radius 3 is 2.67 bits per heavy atom. The van der Waals surface area contributed by atoms with Crippen molar-refractivity contribution in [2.45, 2.75) is 13.0 Å². The number of aromatic nitrogens is 2. The molecule has 1 atom stereocenters. The first kappa shape index (κ1) is 13.3. The van der Waals surface area contributed by atoms with Crippen LogP contribution in [0.25, 0.3) is 0 Å². The Morgan fingerprint density at radius 1 is 1.33 bits per heavy atom. The van der Waals surface area contributed by atoms with Crippen molar-refractivity contribution in [2.75, 3.05) is 13.7 Å². The molecule has 4 nitrogen and oxygen atoms in total. The van der Waals surface area contributed by atoms with E-state index in [0.717, 1.165) is 21.5 Å². The van der Waals surface area contributed by atoms with Gasteiger partial charge >= 0.3 is 0 Å². The average Bonchev–Trinajstić information content (AvgIpc) is 2.82. The third-order valence-electron chi connectivity index (χ3n) is 2.45. The van der Waals surface area contributed by atoms with Crippen molar-refractivity contribution in [1.29, 1.82) is 0 Å². The smallest absolute Gasteiger partial charge is 0.233 e. The molecule has 0 aliphatic heterocycles. The normalized spacial score (nSPS) is 12.4. The van der Waals surface area contributed by atoms with Crippen LogP contribution in [-0.4, -0.2) is 23.9 Å². The molecule has 18 heavy (non-hydrogen) atoms. The van der Waals surface area contributed by atoms with E-state index in [4.69, 9.17) is 16.3 Å². The number of ether oxygens (including phenoxy) is 1. The summed E-state index contributed by atoms with van der Waals surface area (Å²) in [6.45, 7) is 2.90. The van der Waals surface area contributed by atoms with Crippen LogP contribution >= 0.6 is 22.9 Å². The van der Waals surface area contributed by atoms with E-state index in [1.165, 1.54) is 0 Å². The Labute approximate surface area is 115 Å². The predicted octanol–water partition coefficient (Wildman–Crippen LogP) is 2.90. The summed E-state index contributed by atoms with van der Waals surface area (Å²) in [6.07, 6.45) is 0. The van der Waals surface area contributed by atoms with E-state index in [2.05, 4.69) is 22.4 Å². The number of nitrogens with zero attached hydrogens (tertiary/aromatic N) is 2. The quantitative estimate of drug-likeness (QED) is 0.916. The van der Waals surface area contributed by atoms with Crippen LogP contribution in [0.3, 0.4) is 0 Å². The molecule has 0 fully saturated rings. The fourth-order valence-electron chi connectivity index (χ4n) is 1.63. The van der Waals surface area contributed by atoms with Gasteiger partial charge in [0, 0.05) is 10.9 Å². The van der Waals surface area contributed by atoms with Crippen LogP contribution < -0.4 is 10.1 Å². The highest BCUT2D eigenvalue weighted by atomic mass is 35.5. The van der Waals surface area contributed by atoms with Gasteiger partial charge in [0.25, 0.3) is 0 Å². The van der Waals surface area contributed by atoms with Gasteiger partial charge in [-0.1, -0.05) is 18.5 Å². The first-order valence-corrected chi connectivity index (χ1v) is 6.80. The summed E-state index contributed by atoms with van der Waals surface area (Å²) >= 11 is 7.52. The monoisotopic (exact) mass is 283 g/mol. The molecule has 0 amide bonds. The van der Waals surface area contributed by atoms with Crippen LogP contribution in [0.1, 0.15) is 23.5 Å². The topological polar surface area (TPSA) is 47.0 Å². The van der Waals surface area contributed by atoms with Crippen LogP contribution in [0.4, 0.5) is 0 Å². The van der Waals surface area contributed by atoms with Crippen molar-refractivity contribution < 1.29 is 4.74 Å². The van der Waals surface area contributed by atoms with Gasteiger partial charge in [-0.05, 0) is 24.7 Å². The number of methoxy groups -OCH3 is 1. The van der Waals surface area contributed by atoms with Gasteiger partial charge in [-0.3, -0.25) is 0 Å². The van der Waals surface area contributed by atoms with Crippen LogP contribution in [0.2, 0.25) is 4.34 Å². The summed E-state index contributed by atoms with van der Waals surface area (Å²) in [5.74, 6) is 0.512. The molecule has 96 valence electrons. The van der Waals surface area contributed by atoms with Gasteiger partial charge in [-0.25, -0.2) is 0 Å². The number of halogens is 1. The second kappa shape index (κ2) is 6.13. The first-order chi connectivity index (χ1) is 8.74. The van der Waals surface area contributed by atoms with Crippen LogP contribution in [0.5, 0.6) is 5.88 Å². The van der Waals surface area contributed by atoms with Crippen LogP contribution in [0.15, 0.2) is 24.3 Å². The lowest BCUT2D eigenvalue weighted by Crippen LogP contribution is -2.22. The lowest BCUT2D eigenvalue weighted by Gasteiger charge is -2.15. The summed E-state index contributed by atoms with van der Waals surface area (Å²) < 4.78 is 5.78. The molecule has 0 saturated heterocycles. The highest BCUT2D eigenvalue weighted by Gasteiger charge is 2.17. The summed E-state index contributed by atoms with van der Waals surface area (Å²) in [7, 11) is 1.57. The van der Waals surface area contributed by atoms with Gasteiger partial charge in [0.05, 0.1) is 23.2 Å². The second-order valence-electron chi connectivity index (χ2n) is 3.63. The number of thiophene rings is 1. The highest BCUT2D eigenvalue weighted by Crippen LogP contribution is 2.30. The van der Waals surface area contributed by atoms with E-state index >= 15 is 0 Å². The number of nitrogens with one attached hydrogen (secondary N) is 1. The zero-order valence-corrected chi connectivity index (χ0v) is 11.8. The molecule has 6 heteroatoms. The van der Waals surface area contributed by atoms with Crippen molar-refractivity contribution in [3.05, 3.63) is 39.2 Å². The van der Waals surface area contributed by atoms with E-state index in [-0.39, 0.29) is 6.04 Å². The highest BCUT2D eigenvalue weighted by molar-refractivity contribution is 7.16. The minimum Gasteiger partial charge on any atom is -0.480 e. The standard InChI is InChI=1S/C12H14ClN3OS/c1-3-14-12(9-5-6-10(13)18-9)8-4-7-11(17-2)16-15-8/h4-7,12,14H,3H2,1-2H3. The molecule has 0 aliphatic carbocycles. The molecule has 2 aromatic rings. The molecule has 2 heterocycles. The number of hydrogen-bond donors (Lipinski definition) is 1. The molecule has 2 rings (SSSR count). The fourth-order valence-corrected chi connectivity index (χ4v) is 2.78. The van der Waals surface area contributed by atoms with Crippen LogP contribution in [0, 0.1) is 0 Å². The van der Waals surface area contributed by atoms with Crippen molar-refractivity contribution in [2.24, 2.45) is 0 Å². The summed E-state index contributed by atoms with van der Waals surface area (Å²) in [5.41, 5.74) is 0.858. The van der Waals surface area contributed by atoms with E-state index in [0.29, 0.717) is 5.88 Å². The SMILES string of the molecule is CCNC(c1ccc(OC)nn1)c1ccc(Cl)s1. The maximum Gasteiger partial charge on any atom is 0.233 e. The summed E-state index contributed by atoms with van der Waals surface area (Å²) in [4.78, 5) is 1.13. The van der Waals surface area contributed by atoms with E-state index < -0.39 is 0 Å². The minimum absolute atomic E-state index is 0.0194. The summed E-state index contributed by atoms with van der Waals surface area (Å²) in [5, 5.41) is 11.5. The predicted molar refractivity (Wildman–Crippen MR) is 73.4 cm³/mol. The van der Waals surface area contributed by atoms with Crippen molar-refractivity contribution in [1.82, 2.24) is 15.5 Å². The molecule has 1 N–H and O–H groups in total. The third kappa shape index (κ3) is 2.98. The zero-order valence-electron chi connectivity index (χ0n) is 10.2. The van der Waals surface area contributed by atoms with Gasteiger partial charge in [-0.2, -0.15) is 0 Å². The Hall–Kier alpha value is -1.17. The fraction of sp³-hybridized carbons (Fsp3) is 0.333. The van der Waals surface area contributed by atoms with Crippen molar-refractivity contribution in [3.8, 4) is 5.88 Å². The number of hydrogen-bond acceptors (Lipinski definition) is 5. The molecule has 0 aromatic carbocycles. The second-order valence-corrected chi connectivity index (χ2v) is 5.38. The number of rotatable bonds is 5. The van der Waals surface area contributed by atoms with Crippen molar-refractivity contribution in [3.63, 3.8) is 0 Å². The Morgan fingerprint density at radius 2 is 2.17 bits per heavy atom. The van der Waals surface area contributed by atoms with E-state index in [1.54, 1.807) is 18.4 Å². The first-order valence-electron chi connectivity index (χ1n) is 5.60. The molecule has 0 bridgehead atoms. The van der Waals surface area contributed by atoms with Crippen LogP contribution in [-0.2, 0) is 0 Å². The molecule has 0 radical (unpaired) electrons. The zero-order chi connectivity index (χ0) is 13.0. The third-order valence-corrected chi connectivity index (χ3v) is 3.75. The molecule has 1 unspecified atom stereocenters. The Balaban J connectivity index is 2.28. The maximum atomic E-state index is 5.97. The molecular weight excluding hydrogens is 270 g/mol.